The summed E-state index contributed by atoms with van der Waals surface area (Å²) in [5.41, 5.74) is 3.17. The van der Waals surface area contributed by atoms with Gasteiger partial charge >= 0.3 is 0 Å². The first-order valence-electron chi connectivity index (χ1n) is 11.5. The highest BCUT2D eigenvalue weighted by Crippen LogP contribution is 2.39. The van der Waals surface area contributed by atoms with Crippen molar-refractivity contribution in [2.75, 3.05) is 29.6 Å². The van der Waals surface area contributed by atoms with E-state index in [0.717, 1.165) is 22.7 Å². The van der Waals surface area contributed by atoms with Crippen LogP contribution >= 0.6 is 11.3 Å². The van der Waals surface area contributed by atoms with Crippen molar-refractivity contribution in [2.45, 2.75) is 33.2 Å². The molecule has 0 saturated carbocycles. The van der Waals surface area contributed by atoms with Crippen molar-refractivity contribution >= 4 is 40.3 Å². The van der Waals surface area contributed by atoms with Gasteiger partial charge in [-0.1, -0.05) is 6.92 Å². The fourth-order valence-corrected chi connectivity index (χ4v) is 5.06. The number of ketones is 1. The summed E-state index contributed by atoms with van der Waals surface area (Å²) in [6.07, 6.45) is 0.777. The van der Waals surface area contributed by atoms with Gasteiger partial charge in [0.15, 0.2) is 19.0 Å². The van der Waals surface area contributed by atoms with E-state index in [4.69, 9.17) is 9.47 Å². The number of ether oxygens (including phenoxy) is 2. The number of thiazole rings is 1. The molecule has 0 fully saturated rings. The van der Waals surface area contributed by atoms with Crippen molar-refractivity contribution in [1.82, 2.24) is 4.98 Å². The van der Waals surface area contributed by atoms with Gasteiger partial charge in [-0.15, -0.1) is 11.3 Å². The van der Waals surface area contributed by atoms with Crippen molar-refractivity contribution in [1.29, 1.82) is 0 Å². The van der Waals surface area contributed by atoms with E-state index < -0.39 is 6.04 Å². The molecule has 3 heterocycles. The van der Waals surface area contributed by atoms with E-state index in [-0.39, 0.29) is 30.8 Å². The number of hydrogen-bond donors (Lipinski definition) is 0. The van der Waals surface area contributed by atoms with Crippen LogP contribution in [0.2, 0.25) is 0 Å². The molecule has 1 aromatic heterocycles. The zero-order valence-electron chi connectivity index (χ0n) is 19.7. The molecule has 0 radical (unpaired) electrons. The fourth-order valence-electron chi connectivity index (χ4n) is 4.43. The van der Waals surface area contributed by atoms with Crippen molar-refractivity contribution in [2.24, 2.45) is 0 Å². The van der Waals surface area contributed by atoms with E-state index in [0.29, 0.717) is 35.0 Å². The Morgan fingerprint density at radius 2 is 1.77 bits per heavy atom. The molecule has 3 aromatic rings. The maximum atomic E-state index is 13.6. The smallest absolute Gasteiger partial charge is 0.265 e. The Balaban J connectivity index is 1.49. The predicted octanol–water partition coefficient (Wildman–Crippen LogP) is 4.25. The quantitative estimate of drug-likeness (QED) is 0.479. The van der Waals surface area contributed by atoms with E-state index in [1.807, 2.05) is 31.4 Å². The lowest BCUT2D eigenvalue weighted by Gasteiger charge is -2.34. The van der Waals surface area contributed by atoms with Crippen LogP contribution in [0.1, 0.15) is 35.6 Å². The molecule has 1 unspecified atom stereocenters. The molecule has 0 saturated heterocycles. The maximum Gasteiger partial charge on any atom is 0.265 e. The van der Waals surface area contributed by atoms with Gasteiger partial charge in [0.2, 0.25) is 0 Å². The van der Waals surface area contributed by atoms with Crippen molar-refractivity contribution in [3.8, 4) is 22.8 Å². The highest BCUT2D eigenvalue weighted by atomic mass is 32.1. The van der Waals surface area contributed by atoms with Gasteiger partial charge in [-0.05, 0) is 56.7 Å². The zero-order chi connectivity index (χ0) is 24.7. The summed E-state index contributed by atoms with van der Waals surface area (Å²) in [5, 5.41) is 2.90. The van der Waals surface area contributed by atoms with Crippen LogP contribution in [0.25, 0.3) is 11.3 Å². The lowest BCUT2D eigenvalue weighted by Crippen LogP contribution is -2.48. The minimum absolute atomic E-state index is 0.0173. The summed E-state index contributed by atoms with van der Waals surface area (Å²) < 4.78 is 11.2. The van der Waals surface area contributed by atoms with Crippen LogP contribution in [0, 0.1) is 6.92 Å². The average Bonchev–Trinajstić information content (AvgIpc) is 3.30. The summed E-state index contributed by atoms with van der Waals surface area (Å²) in [5.74, 6) is 0.434. The number of anilines is 2. The van der Waals surface area contributed by atoms with Crippen LogP contribution in [-0.4, -0.2) is 48.4 Å². The standard InChI is InChI=1S/C26H25N3O5S/c1-4-9-28-20-11-18(6-8-22(20)33-12-24(28)30)26(32)15(2)29-21-10-17(19-14-35-16(3)27-19)5-7-23(21)34-13-25(29)31/h5-8,10-11,14-15H,4,9,12-13H2,1-3H3. The Morgan fingerprint density at radius 3 is 2.49 bits per heavy atom. The van der Waals surface area contributed by atoms with Crippen molar-refractivity contribution in [3.63, 3.8) is 0 Å². The molecular formula is C26H25N3O5S. The minimum Gasteiger partial charge on any atom is -0.482 e. The topological polar surface area (TPSA) is 89.0 Å². The molecule has 0 bridgehead atoms. The summed E-state index contributed by atoms with van der Waals surface area (Å²) >= 11 is 1.55. The molecule has 35 heavy (non-hydrogen) atoms. The first-order valence-corrected chi connectivity index (χ1v) is 12.4. The van der Waals surface area contributed by atoms with E-state index in [9.17, 15) is 14.4 Å². The van der Waals surface area contributed by atoms with E-state index in [1.54, 1.807) is 47.4 Å². The lowest BCUT2D eigenvalue weighted by molar-refractivity contribution is -0.122. The molecule has 5 rings (SSSR count). The molecule has 0 N–H and O–H groups in total. The minimum atomic E-state index is -0.782. The third-order valence-corrected chi connectivity index (χ3v) is 6.93. The number of Topliss-reactive ketones (excluding diaryl/α,β-unsaturated/α-hetero) is 1. The molecule has 9 heteroatoms. The summed E-state index contributed by atoms with van der Waals surface area (Å²) in [4.78, 5) is 46.6. The Kier molecular flexibility index (Phi) is 6.02. The largest absolute Gasteiger partial charge is 0.482 e. The number of carbonyl (C=O) groups is 3. The van der Waals surface area contributed by atoms with Crippen LogP contribution in [0.4, 0.5) is 11.4 Å². The SMILES string of the molecule is CCCN1C(=O)COc2ccc(C(=O)C(C)N3C(=O)COc4ccc(-c5csc(C)n5)cc43)cc21. The van der Waals surface area contributed by atoms with E-state index in [2.05, 4.69) is 4.98 Å². The van der Waals surface area contributed by atoms with Crippen LogP contribution in [0.3, 0.4) is 0 Å². The number of nitrogens with zero attached hydrogens (tertiary/aromatic N) is 3. The molecule has 2 aliphatic heterocycles. The third-order valence-electron chi connectivity index (χ3n) is 6.15. The summed E-state index contributed by atoms with van der Waals surface area (Å²) in [6, 6.07) is 9.83. The van der Waals surface area contributed by atoms with Gasteiger partial charge in [0.05, 0.1) is 28.1 Å². The second-order valence-corrected chi connectivity index (χ2v) is 9.61. The van der Waals surface area contributed by atoms with Gasteiger partial charge < -0.3 is 14.4 Å². The Morgan fingerprint density at radius 1 is 1.06 bits per heavy atom. The number of carbonyl (C=O) groups excluding carboxylic acids is 3. The Labute approximate surface area is 207 Å². The summed E-state index contributed by atoms with van der Waals surface area (Å²) in [6.45, 7) is 6.01. The number of hydrogen-bond acceptors (Lipinski definition) is 7. The van der Waals surface area contributed by atoms with Gasteiger partial charge in [0.25, 0.3) is 11.8 Å². The van der Waals surface area contributed by atoms with Gasteiger partial charge in [0.1, 0.15) is 11.5 Å². The highest BCUT2D eigenvalue weighted by molar-refractivity contribution is 7.09. The lowest BCUT2D eigenvalue weighted by atomic mass is 10.0. The Hall–Kier alpha value is -3.72. The maximum absolute atomic E-state index is 13.6. The predicted molar refractivity (Wildman–Crippen MR) is 134 cm³/mol. The second-order valence-electron chi connectivity index (χ2n) is 8.54. The van der Waals surface area contributed by atoms with Crippen molar-refractivity contribution < 1.29 is 23.9 Å². The normalized spacial score (nSPS) is 15.7. The first kappa shape index (κ1) is 23.0. The van der Waals surface area contributed by atoms with Crippen LogP contribution in [-0.2, 0) is 9.59 Å². The monoisotopic (exact) mass is 491 g/mol. The Bertz CT molecular complexity index is 1330. The van der Waals surface area contributed by atoms with Crippen molar-refractivity contribution in [3.05, 3.63) is 52.3 Å². The molecule has 0 aliphatic carbocycles. The molecule has 2 aromatic carbocycles. The number of rotatable bonds is 6. The number of fused-ring (bicyclic) bond motifs is 2. The van der Waals surface area contributed by atoms with Crippen LogP contribution in [0.15, 0.2) is 41.8 Å². The molecule has 2 aliphatic rings. The van der Waals surface area contributed by atoms with E-state index >= 15 is 0 Å². The molecule has 2 amide bonds. The summed E-state index contributed by atoms with van der Waals surface area (Å²) in [7, 11) is 0. The molecule has 1 atom stereocenters. The van der Waals surface area contributed by atoms with Crippen LogP contribution < -0.4 is 19.3 Å². The molecular weight excluding hydrogens is 466 g/mol. The highest BCUT2D eigenvalue weighted by Gasteiger charge is 2.35. The average molecular weight is 492 g/mol. The van der Waals surface area contributed by atoms with E-state index in [1.165, 1.54) is 4.90 Å². The molecule has 0 spiro atoms. The molecule has 8 nitrogen and oxygen atoms in total. The van der Waals surface area contributed by atoms with Gasteiger partial charge in [-0.2, -0.15) is 0 Å². The zero-order valence-corrected chi connectivity index (χ0v) is 20.6. The van der Waals surface area contributed by atoms with Crippen LogP contribution in [0.5, 0.6) is 11.5 Å². The molecule has 180 valence electrons. The number of aromatic nitrogens is 1. The number of aryl methyl sites for hydroxylation is 1. The third kappa shape index (κ3) is 4.16. The second kappa shape index (κ2) is 9.14. The number of benzene rings is 2. The fraction of sp³-hybridized carbons (Fsp3) is 0.308. The number of amides is 2. The van der Waals surface area contributed by atoms with Gasteiger partial charge in [-0.3, -0.25) is 19.3 Å². The first-order chi connectivity index (χ1) is 16.9. The van der Waals surface area contributed by atoms with Gasteiger partial charge in [-0.25, -0.2) is 4.98 Å². The van der Waals surface area contributed by atoms with Gasteiger partial charge in [0, 0.05) is 23.1 Å².